The molecule has 0 aliphatic heterocycles. The zero-order valence-corrected chi connectivity index (χ0v) is 13.5. The second-order valence-corrected chi connectivity index (χ2v) is 5.61. The Morgan fingerprint density at radius 3 is 2.42 bits per heavy atom. The lowest BCUT2D eigenvalue weighted by atomic mass is 10.2. The molecule has 0 fully saturated rings. The number of imidazole rings is 1. The van der Waals surface area contributed by atoms with Crippen molar-refractivity contribution in [3.8, 4) is 0 Å². The summed E-state index contributed by atoms with van der Waals surface area (Å²) in [7, 11) is 0. The number of aryl methyl sites for hydroxylation is 2. The van der Waals surface area contributed by atoms with Crippen molar-refractivity contribution in [1.82, 2.24) is 9.13 Å². The number of para-hydroxylation sites is 2. The minimum absolute atomic E-state index is 0.0941. The molecular formula is C18H18FN3O2. The fraction of sp³-hybridized carbons (Fsp3) is 0.222. The summed E-state index contributed by atoms with van der Waals surface area (Å²) in [5.41, 5.74) is 2.47. The summed E-state index contributed by atoms with van der Waals surface area (Å²) < 4.78 is 16.2. The van der Waals surface area contributed by atoms with Crippen LogP contribution in [-0.2, 0) is 17.9 Å². The number of aromatic nitrogens is 2. The summed E-state index contributed by atoms with van der Waals surface area (Å²) >= 11 is 0. The number of amides is 1. The van der Waals surface area contributed by atoms with Gasteiger partial charge >= 0.3 is 5.69 Å². The maximum Gasteiger partial charge on any atom is 0.329 e. The van der Waals surface area contributed by atoms with Crippen molar-refractivity contribution in [3.05, 3.63) is 64.3 Å². The van der Waals surface area contributed by atoms with Gasteiger partial charge in [0.05, 0.1) is 11.0 Å². The highest BCUT2D eigenvalue weighted by Gasteiger charge is 2.15. The van der Waals surface area contributed by atoms with E-state index < -0.39 is 0 Å². The van der Waals surface area contributed by atoms with Crippen LogP contribution in [0.15, 0.2) is 47.3 Å². The van der Waals surface area contributed by atoms with Gasteiger partial charge in [0, 0.05) is 12.2 Å². The van der Waals surface area contributed by atoms with Gasteiger partial charge in [-0.2, -0.15) is 0 Å². The minimum atomic E-state index is -0.354. The second-order valence-electron chi connectivity index (χ2n) is 5.61. The molecule has 0 atom stereocenters. The molecule has 0 unspecified atom stereocenters. The Labute approximate surface area is 138 Å². The van der Waals surface area contributed by atoms with Crippen molar-refractivity contribution in [3.63, 3.8) is 0 Å². The molecule has 1 aromatic heterocycles. The van der Waals surface area contributed by atoms with E-state index in [-0.39, 0.29) is 24.0 Å². The van der Waals surface area contributed by atoms with E-state index in [0.29, 0.717) is 17.8 Å². The van der Waals surface area contributed by atoms with Gasteiger partial charge in [-0.15, -0.1) is 0 Å². The van der Waals surface area contributed by atoms with E-state index in [1.165, 1.54) is 22.8 Å². The number of fused-ring (bicyclic) bond motifs is 1. The van der Waals surface area contributed by atoms with Gasteiger partial charge in [0.15, 0.2) is 0 Å². The van der Waals surface area contributed by atoms with Crippen LogP contribution < -0.4 is 11.0 Å². The number of hydrogen-bond donors (Lipinski definition) is 1. The predicted octanol–water partition coefficient (Wildman–Crippen LogP) is 2.91. The fourth-order valence-electron chi connectivity index (χ4n) is 2.83. The molecule has 124 valence electrons. The molecule has 3 aromatic rings. The summed E-state index contributed by atoms with van der Waals surface area (Å²) in [6.07, 6.45) is 0. The smallest absolute Gasteiger partial charge is 0.324 e. The molecule has 2 aromatic carbocycles. The molecular weight excluding hydrogens is 309 g/mol. The molecule has 1 N–H and O–H groups in total. The molecule has 3 rings (SSSR count). The first kappa shape index (κ1) is 16.0. The van der Waals surface area contributed by atoms with Crippen molar-refractivity contribution in [2.24, 2.45) is 0 Å². The number of halogens is 1. The fourth-order valence-corrected chi connectivity index (χ4v) is 2.83. The molecule has 5 nitrogen and oxygen atoms in total. The van der Waals surface area contributed by atoms with Crippen molar-refractivity contribution >= 4 is 22.6 Å². The van der Waals surface area contributed by atoms with Crippen LogP contribution in [0.4, 0.5) is 10.1 Å². The zero-order chi connectivity index (χ0) is 17.3. The third-order valence-corrected chi connectivity index (χ3v) is 4.01. The third kappa shape index (κ3) is 2.82. The maximum absolute atomic E-state index is 13.1. The van der Waals surface area contributed by atoms with E-state index in [1.54, 1.807) is 11.5 Å². The number of nitrogens with zero attached hydrogens (tertiary/aromatic N) is 2. The highest BCUT2D eigenvalue weighted by molar-refractivity contribution is 5.92. The Kier molecular flexibility index (Phi) is 4.20. The maximum atomic E-state index is 13.1. The van der Waals surface area contributed by atoms with Crippen LogP contribution in [-0.4, -0.2) is 15.0 Å². The number of carbonyl (C=O) groups excluding carboxylic acids is 1. The summed E-state index contributed by atoms with van der Waals surface area (Å²) in [5, 5.41) is 2.73. The molecule has 0 aliphatic rings. The first-order chi connectivity index (χ1) is 11.5. The van der Waals surface area contributed by atoms with Crippen molar-refractivity contribution in [2.75, 3.05) is 5.32 Å². The first-order valence-corrected chi connectivity index (χ1v) is 7.75. The molecule has 0 radical (unpaired) electrons. The van der Waals surface area contributed by atoms with Gasteiger partial charge in [0.2, 0.25) is 5.91 Å². The SMILES string of the molecule is CCn1c(=O)n(CC(=O)Nc2ccc(F)cc2C)c2ccccc21. The van der Waals surface area contributed by atoms with E-state index in [9.17, 15) is 14.0 Å². The Balaban J connectivity index is 1.91. The van der Waals surface area contributed by atoms with Gasteiger partial charge in [-0.3, -0.25) is 13.9 Å². The topological polar surface area (TPSA) is 56.0 Å². The monoisotopic (exact) mass is 327 g/mol. The number of nitrogens with one attached hydrogen (secondary N) is 1. The van der Waals surface area contributed by atoms with Crippen LogP contribution in [0.25, 0.3) is 11.0 Å². The molecule has 1 amide bonds. The van der Waals surface area contributed by atoms with Crippen LogP contribution in [0.3, 0.4) is 0 Å². The van der Waals surface area contributed by atoms with Crippen LogP contribution >= 0.6 is 0 Å². The van der Waals surface area contributed by atoms with Crippen molar-refractivity contribution in [2.45, 2.75) is 26.9 Å². The zero-order valence-electron chi connectivity index (χ0n) is 13.5. The lowest BCUT2D eigenvalue weighted by Crippen LogP contribution is -2.29. The Bertz CT molecular complexity index is 972. The lowest BCUT2D eigenvalue weighted by molar-refractivity contribution is -0.116. The van der Waals surface area contributed by atoms with Gasteiger partial charge in [-0.25, -0.2) is 9.18 Å². The van der Waals surface area contributed by atoms with E-state index in [0.717, 1.165) is 11.0 Å². The summed E-state index contributed by atoms with van der Waals surface area (Å²) in [5.74, 6) is -0.682. The van der Waals surface area contributed by atoms with E-state index in [1.807, 2.05) is 31.2 Å². The van der Waals surface area contributed by atoms with Crippen LogP contribution in [0, 0.1) is 12.7 Å². The summed E-state index contributed by atoms with van der Waals surface area (Å²) in [4.78, 5) is 24.9. The molecule has 0 saturated carbocycles. The van der Waals surface area contributed by atoms with Crippen LogP contribution in [0.1, 0.15) is 12.5 Å². The van der Waals surface area contributed by atoms with E-state index in [2.05, 4.69) is 5.32 Å². The average Bonchev–Trinajstić information content (AvgIpc) is 2.82. The average molecular weight is 327 g/mol. The highest BCUT2D eigenvalue weighted by Crippen LogP contribution is 2.16. The lowest BCUT2D eigenvalue weighted by Gasteiger charge is -2.09. The molecule has 6 heteroatoms. The number of rotatable bonds is 4. The number of benzene rings is 2. The number of anilines is 1. The van der Waals surface area contributed by atoms with Crippen molar-refractivity contribution < 1.29 is 9.18 Å². The summed E-state index contributed by atoms with van der Waals surface area (Å²) in [6, 6.07) is 11.5. The Morgan fingerprint density at radius 2 is 1.79 bits per heavy atom. The normalized spacial score (nSPS) is 11.0. The molecule has 0 aliphatic carbocycles. The second kappa shape index (κ2) is 6.31. The third-order valence-electron chi connectivity index (χ3n) is 4.01. The molecule has 0 saturated heterocycles. The number of carbonyl (C=O) groups is 1. The molecule has 1 heterocycles. The van der Waals surface area contributed by atoms with Gasteiger partial charge in [-0.05, 0) is 49.7 Å². The minimum Gasteiger partial charge on any atom is -0.324 e. The van der Waals surface area contributed by atoms with Gasteiger partial charge in [0.25, 0.3) is 0 Å². The molecule has 0 bridgehead atoms. The summed E-state index contributed by atoms with van der Waals surface area (Å²) in [6.45, 7) is 4.04. The standard InChI is InChI=1S/C18H18FN3O2/c1-3-21-15-6-4-5-7-16(15)22(18(21)24)11-17(23)20-14-9-8-13(19)10-12(14)2/h4-10H,3,11H2,1-2H3,(H,20,23). The molecule has 0 spiro atoms. The highest BCUT2D eigenvalue weighted by atomic mass is 19.1. The van der Waals surface area contributed by atoms with E-state index >= 15 is 0 Å². The van der Waals surface area contributed by atoms with Crippen molar-refractivity contribution in [1.29, 1.82) is 0 Å². The first-order valence-electron chi connectivity index (χ1n) is 7.75. The quantitative estimate of drug-likeness (QED) is 0.801. The Morgan fingerprint density at radius 1 is 1.12 bits per heavy atom. The Hall–Kier alpha value is -2.89. The van der Waals surface area contributed by atoms with Gasteiger partial charge in [-0.1, -0.05) is 12.1 Å². The van der Waals surface area contributed by atoms with Crippen LogP contribution in [0.2, 0.25) is 0 Å². The van der Waals surface area contributed by atoms with Crippen LogP contribution in [0.5, 0.6) is 0 Å². The van der Waals surface area contributed by atoms with E-state index in [4.69, 9.17) is 0 Å². The largest absolute Gasteiger partial charge is 0.329 e. The van der Waals surface area contributed by atoms with Gasteiger partial charge < -0.3 is 5.32 Å². The molecule has 24 heavy (non-hydrogen) atoms. The number of hydrogen-bond acceptors (Lipinski definition) is 2. The predicted molar refractivity (Wildman–Crippen MR) is 91.6 cm³/mol. The van der Waals surface area contributed by atoms with Gasteiger partial charge in [0.1, 0.15) is 12.4 Å².